The van der Waals surface area contributed by atoms with Gasteiger partial charge in [-0.3, -0.25) is 0 Å². The summed E-state index contributed by atoms with van der Waals surface area (Å²) in [5, 5.41) is 8.89. The van der Waals surface area contributed by atoms with Gasteiger partial charge < -0.3 is 14.4 Å². The summed E-state index contributed by atoms with van der Waals surface area (Å²) in [7, 11) is 4.60. The van der Waals surface area contributed by atoms with E-state index in [0.29, 0.717) is 0 Å². The van der Waals surface area contributed by atoms with Crippen molar-refractivity contribution in [3.63, 3.8) is 0 Å². The first-order chi connectivity index (χ1) is 4.94. The van der Waals surface area contributed by atoms with Crippen LogP contribution >= 0.6 is 0 Å². The van der Waals surface area contributed by atoms with Crippen LogP contribution in [0.3, 0.4) is 0 Å². The average Bonchev–Trinajstić information content (AvgIpc) is 2.11. The van der Waals surface area contributed by atoms with E-state index in [1.165, 1.54) is 30.4 Å². The lowest BCUT2D eigenvalue weighted by Gasteiger charge is -2.21. The van der Waals surface area contributed by atoms with Gasteiger partial charge in [0.2, 0.25) is 0 Å². The largest absolute Gasteiger partial charge is 0.550 e. The standard InChI is InChI=1S/C6H14N.C2H4O2/c1-7(2)5-3-4-6-7;1-2(3)4/h3-6H2,1-2H3;1H3,(H,3,4)/q+1;/p-1. The molecule has 0 aliphatic carbocycles. The molecule has 0 amide bonds. The number of carbonyl (C=O) groups is 1. The smallest absolute Gasteiger partial charge is 0.0784 e. The van der Waals surface area contributed by atoms with Gasteiger partial charge in [-0.1, -0.05) is 0 Å². The number of carbonyl (C=O) groups excluding carboxylic acids is 1. The molecular formula is C8H17NO2. The number of carboxylic acids is 1. The third kappa shape index (κ3) is 7.33. The zero-order valence-corrected chi connectivity index (χ0v) is 7.59. The molecule has 1 saturated heterocycles. The summed E-state index contributed by atoms with van der Waals surface area (Å²) in [6, 6.07) is 0. The second-order valence-electron chi connectivity index (χ2n) is 3.58. The van der Waals surface area contributed by atoms with Crippen LogP contribution in [0.2, 0.25) is 0 Å². The molecule has 0 aromatic rings. The summed E-state index contributed by atoms with van der Waals surface area (Å²) in [4.78, 5) is 8.89. The molecule has 3 heteroatoms. The topological polar surface area (TPSA) is 40.1 Å². The number of hydrogen-bond acceptors (Lipinski definition) is 2. The zero-order valence-electron chi connectivity index (χ0n) is 7.59. The first-order valence-corrected chi connectivity index (χ1v) is 3.94. The van der Waals surface area contributed by atoms with Crippen molar-refractivity contribution in [3.05, 3.63) is 0 Å². The van der Waals surface area contributed by atoms with Crippen molar-refractivity contribution in [2.75, 3.05) is 27.2 Å². The Bertz CT molecular complexity index is 120. The van der Waals surface area contributed by atoms with E-state index in [1.807, 2.05) is 0 Å². The molecule has 11 heavy (non-hydrogen) atoms. The SMILES string of the molecule is CC(=O)[O-].C[N+]1(C)CCCC1. The van der Waals surface area contributed by atoms with Gasteiger partial charge in [0.05, 0.1) is 27.2 Å². The van der Waals surface area contributed by atoms with Gasteiger partial charge in [-0.05, 0) is 6.92 Å². The second-order valence-corrected chi connectivity index (χ2v) is 3.58. The van der Waals surface area contributed by atoms with Gasteiger partial charge in [-0.15, -0.1) is 0 Å². The minimum atomic E-state index is -1.08. The quantitative estimate of drug-likeness (QED) is 0.452. The van der Waals surface area contributed by atoms with Crippen molar-refractivity contribution in [2.45, 2.75) is 19.8 Å². The third-order valence-electron chi connectivity index (χ3n) is 1.78. The molecule has 1 heterocycles. The number of carboxylic acid groups (broad SMARTS) is 1. The number of nitrogens with zero attached hydrogens (tertiary/aromatic N) is 1. The molecule has 0 aromatic heterocycles. The summed E-state index contributed by atoms with van der Waals surface area (Å²) < 4.78 is 1.25. The van der Waals surface area contributed by atoms with Crippen LogP contribution in [0.1, 0.15) is 19.8 Å². The van der Waals surface area contributed by atoms with E-state index in [9.17, 15) is 0 Å². The van der Waals surface area contributed by atoms with Crippen LogP contribution in [-0.4, -0.2) is 37.6 Å². The molecule has 66 valence electrons. The molecule has 0 aromatic carbocycles. The van der Waals surface area contributed by atoms with Gasteiger partial charge >= 0.3 is 0 Å². The molecule has 0 atom stereocenters. The Morgan fingerprint density at radius 3 is 1.64 bits per heavy atom. The minimum Gasteiger partial charge on any atom is -0.550 e. The number of aliphatic carboxylic acids is 1. The normalized spacial score (nSPS) is 20.3. The first-order valence-electron chi connectivity index (χ1n) is 3.94. The highest BCUT2D eigenvalue weighted by molar-refractivity contribution is 5.60. The zero-order chi connectivity index (χ0) is 8.91. The van der Waals surface area contributed by atoms with Crippen LogP contribution in [0.5, 0.6) is 0 Å². The Morgan fingerprint density at radius 2 is 1.55 bits per heavy atom. The Kier molecular flexibility index (Phi) is 4.11. The predicted molar refractivity (Wildman–Crippen MR) is 41.8 cm³/mol. The highest BCUT2D eigenvalue weighted by atomic mass is 16.4. The van der Waals surface area contributed by atoms with Crippen LogP contribution in [0.4, 0.5) is 0 Å². The number of hydrogen-bond donors (Lipinski definition) is 0. The van der Waals surface area contributed by atoms with Crippen molar-refractivity contribution >= 4 is 5.97 Å². The highest BCUT2D eigenvalue weighted by Crippen LogP contribution is 2.11. The molecule has 1 fully saturated rings. The van der Waals surface area contributed by atoms with Crippen LogP contribution in [0.15, 0.2) is 0 Å². The molecule has 0 bridgehead atoms. The fourth-order valence-corrected chi connectivity index (χ4v) is 1.19. The van der Waals surface area contributed by atoms with Crippen molar-refractivity contribution in [2.24, 2.45) is 0 Å². The van der Waals surface area contributed by atoms with Gasteiger partial charge in [-0.25, -0.2) is 0 Å². The maximum absolute atomic E-state index is 8.89. The molecule has 1 aliphatic heterocycles. The van der Waals surface area contributed by atoms with Gasteiger partial charge in [-0.2, -0.15) is 0 Å². The molecular weight excluding hydrogens is 142 g/mol. The molecule has 0 radical (unpaired) electrons. The monoisotopic (exact) mass is 159 g/mol. The second kappa shape index (κ2) is 4.34. The lowest BCUT2D eigenvalue weighted by atomic mass is 10.4. The van der Waals surface area contributed by atoms with E-state index in [4.69, 9.17) is 9.90 Å². The molecule has 0 N–H and O–H groups in total. The molecule has 3 nitrogen and oxygen atoms in total. The number of likely N-dealkylation sites (tertiary alicyclic amines) is 1. The van der Waals surface area contributed by atoms with E-state index in [1.54, 1.807) is 0 Å². The molecule has 1 aliphatic rings. The van der Waals surface area contributed by atoms with E-state index in [2.05, 4.69) is 14.1 Å². The predicted octanol–water partition coefficient (Wildman–Crippen LogP) is -0.387. The summed E-state index contributed by atoms with van der Waals surface area (Å²) in [5.74, 6) is -1.08. The van der Waals surface area contributed by atoms with Gasteiger partial charge in [0.25, 0.3) is 0 Å². The van der Waals surface area contributed by atoms with E-state index >= 15 is 0 Å². The highest BCUT2D eigenvalue weighted by Gasteiger charge is 2.19. The number of quaternary nitrogens is 1. The molecule has 1 rings (SSSR count). The summed E-state index contributed by atoms with van der Waals surface area (Å²) in [5.41, 5.74) is 0. The van der Waals surface area contributed by atoms with Crippen molar-refractivity contribution < 1.29 is 14.4 Å². The lowest BCUT2D eigenvalue weighted by Crippen LogP contribution is -2.35. The Balaban J connectivity index is 0.000000218. The van der Waals surface area contributed by atoms with E-state index in [-0.39, 0.29) is 0 Å². The summed E-state index contributed by atoms with van der Waals surface area (Å²) in [6.07, 6.45) is 2.88. The van der Waals surface area contributed by atoms with Crippen LogP contribution in [0.25, 0.3) is 0 Å². The fraction of sp³-hybridized carbons (Fsp3) is 0.875. The van der Waals surface area contributed by atoms with E-state index in [0.717, 1.165) is 6.92 Å². The van der Waals surface area contributed by atoms with Crippen molar-refractivity contribution in [3.8, 4) is 0 Å². The van der Waals surface area contributed by atoms with Crippen molar-refractivity contribution in [1.82, 2.24) is 0 Å². The van der Waals surface area contributed by atoms with E-state index < -0.39 is 5.97 Å². The molecule has 0 saturated carbocycles. The maximum Gasteiger partial charge on any atom is 0.0784 e. The maximum atomic E-state index is 8.89. The van der Waals surface area contributed by atoms with Crippen LogP contribution in [0, 0.1) is 0 Å². The Morgan fingerprint density at radius 1 is 1.27 bits per heavy atom. The number of rotatable bonds is 0. The third-order valence-corrected chi connectivity index (χ3v) is 1.78. The summed E-state index contributed by atoms with van der Waals surface area (Å²) >= 11 is 0. The lowest BCUT2D eigenvalue weighted by molar-refractivity contribution is -0.877. The summed E-state index contributed by atoms with van der Waals surface area (Å²) in [6.45, 7) is 3.75. The van der Waals surface area contributed by atoms with Crippen molar-refractivity contribution in [1.29, 1.82) is 0 Å². The Hall–Kier alpha value is -0.570. The average molecular weight is 159 g/mol. The minimum absolute atomic E-state index is 0.972. The molecule has 0 spiro atoms. The van der Waals surface area contributed by atoms with Gasteiger partial charge in [0.15, 0.2) is 0 Å². The Labute approximate surface area is 68.2 Å². The molecule has 0 unspecified atom stereocenters. The van der Waals surface area contributed by atoms with Gasteiger partial charge in [0.1, 0.15) is 0 Å². The first kappa shape index (κ1) is 10.4. The fourth-order valence-electron chi connectivity index (χ4n) is 1.19. The van der Waals surface area contributed by atoms with Crippen LogP contribution in [-0.2, 0) is 4.79 Å². The van der Waals surface area contributed by atoms with Crippen LogP contribution < -0.4 is 5.11 Å². The van der Waals surface area contributed by atoms with Gasteiger partial charge in [0, 0.05) is 18.8 Å².